The van der Waals surface area contributed by atoms with Crippen LogP contribution in [0.5, 0.6) is 0 Å². The summed E-state index contributed by atoms with van der Waals surface area (Å²) in [6.07, 6.45) is 6.80. The van der Waals surface area contributed by atoms with Crippen LogP contribution in [-0.2, 0) is 14.4 Å². The van der Waals surface area contributed by atoms with Gasteiger partial charge in [-0.3, -0.25) is 14.4 Å². The largest absolute Gasteiger partial charge is 0.343 e. The van der Waals surface area contributed by atoms with E-state index in [1.54, 1.807) is 14.0 Å². The smallest absolute Gasteiger partial charge is 0.249 e. The summed E-state index contributed by atoms with van der Waals surface area (Å²) in [6, 6.07) is 7.52. The molecule has 0 radical (unpaired) electrons. The van der Waals surface area contributed by atoms with Gasteiger partial charge >= 0.3 is 0 Å². The van der Waals surface area contributed by atoms with Gasteiger partial charge in [0.05, 0.1) is 6.04 Å². The van der Waals surface area contributed by atoms with Gasteiger partial charge in [-0.2, -0.15) is 11.8 Å². The molecule has 1 aromatic carbocycles. The van der Waals surface area contributed by atoms with Crippen molar-refractivity contribution in [1.82, 2.24) is 25.5 Å². The molecule has 0 bridgehead atoms. The first-order chi connectivity index (χ1) is 17.7. The van der Waals surface area contributed by atoms with Crippen molar-refractivity contribution in [3.05, 3.63) is 30.3 Å². The van der Waals surface area contributed by atoms with Crippen LogP contribution in [0.1, 0.15) is 52.9 Å². The average Bonchev–Trinajstić information content (AvgIpc) is 3.38. The molecular weight excluding hydrogens is 508 g/mol. The minimum atomic E-state index is -0.856. The van der Waals surface area contributed by atoms with Crippen LogP contribution in [0.15, 0.2) is 30.3 Å². The van der Waals surface area contributed by atoms with Crippen LogP contribution in [-0.4, -0.2) is 63.5 Å². The maximum absolute atomic E-state index is 13.7. The van der Waals surface area contributed by atoms with Crippen LogP contribution in [0.2, 0.25) is 0 Å². The van der Waals surface area contributed by atoms with Gasteiger partial charge in [-0.1, -0.05) is 54.1 Å². The topological polar surface area (TPSA) is 125 Å². The number of nitrogens with one attached hydrogen (secondary N) is 4. The fraction of sp³-hybridized carbons (Fsp3) is 0.577. The van der Waals surface area contributed by atoms with Gasteiger partial charge in [0.15, 0.2) is 0 Å². The van der Waals surface area contributed by atoms with Crippen LogP contribution in [0.3, 0.4) is 0 Å². The van der Waals surface area contributed by atoms with Crippen LogP contribution >= 0.6 is 23.3 Å². The fourth-order valence-corrected chi connectivity index (χ4v) is 5.42. The highest BCUT2D eigenvalue weighted by Crippen LogP contribution is 2.32. The molecule has 1 heterocycles. The zero-order valence-electron chi connectivity index (χ0n) is 22.2. The van der Waals surface area contributed by atoms with Gasteiger partial charge in [-0.15, -0.1) is 5.10 Å². The number of nitrogens with zero attached hydrogens (tertiary/aromatic N) is 2. The van der Waals surface area contributed by atoms with E-state index < -0.39 is 22.9 Å². The number of carbonyl (C=O) groups excluding carboxylic acids is 3. The maximum Gasteiger partial charge on any atom is 0.249 e. The van der Waals surface area contributed by atoms with Crippen LogP contribution in [0.4, 0.5) is 5.00 Å². The van der Waals surface area contributed by atoms with Crippen molar-refractivity contribution < 1.29 is 14.4 Å². The molecule has 1 saturated carbocycles. The summed E-state index contributed by atoms with van der Waals surface area (Å²) in [4.78, 5) is 40.1. The molecule has 0 saturated heterocycles. The first kappa shape index (κ1) is 29.1. The predicted molar refractivity (Wildman–Crippen MR) is 151 cm³/mol. The van der Waals surface area contributed by atoms with Crippen molar-refractivity contribution >= 4 is 46.0 Å². The molecular formula is C26H38N6O3S2. The molecule has 1 fully saturated rings. The minimum Gasteiger partial charge on any atom is -0.343 e. The molecule has 2 aromatic rings. The Kier molecular flexibility index (Phi) is 10.5. The summed E-state index contributed by atoms with van der Waals surface area (Å²) in [6.45, 7) is 5.59. The third-order valence-corrected chi connectivity index (χ3v) is 9.00. The zero-order valence-corrected chi connectivity index (χ0v) is 23.8. The van der Waals surface area contributed by atoms with E-state index >= 15 is 0 Å². The number of benzene rings is 1. The molecule has 202 valence electrons. The molecule has 1 aliphatic rings. The summed E-state index contributed by atoms with van der Waals surface area (Å²) in [5.74, 6) is -0.899. The summed E-state index contributed by atoms with van der Waals surface area (Å²) in [5, 5.41) is 16.5. The number of anilines is 1. The summed E-state index contributed by atoms with van der Waals surface area (Å²) in [5.41, 5.74) is 1.43. The number of hydrogen-bond acceptors (Lipinski definition) is 8. The van der Waals surface area contributed by atoms with Crippen molar-refractivity contribution in [2.24, 2.45) is 5.92 Å². The van der Waals surface area contributed by atoms with E-state index in [1.807, 2.05) is 50.4 Å². The normalized spacial score (nSPS) is 16.9. The average molecular weight is 547 g/mol. The van der Waals surface area contributed by atoms with Gasteiger partial charge in [0.1, 0.15) is 22.8 Å². The lowest BCUT2D eigenvalue weighted by Crippen LogP contribution is -2.61. The predicted octanol–water partition coefficient (Wildman–Crippen LogP) is 3.44. The Bertz CT molecular complexity index is 1060. The third-order valence-electron chi connectivity index (χ3n) is 7.07. The number of hydrogen-bond donors (Lipinski definition) is 4. The Morgan fingerprint density at radius 2 is 1.70 bits per heavy atom. The van der Waals surface area contributed by atoms with E-state index in [4.69, 9.17) is 0 Å². The third kappa shape index (κ3) is 7.52. The van der Waals surface area contributed by atoms with E-state index in [0.29, 0.717) is 10.7 Å². The fourth-order valence-electron chi connectivity index (χ4n) is 4.42. The lowest BCUT2D eigenvalue weighted by Gasteiger charge is -2.36. The zero-order chi connectivity index (χ0) is 27.0. The molecule has 0 aliphatic heterocycles. The van der Waals surface area contributed by atoms with Gasteiger partial charge in [0, 0.05) is 21.8 Å². The maximum atomic E-state index is 13.7. The Balaban J connectivity index is 1.83. The Morgan fingerprint density at radius 1 is 1.03 bits per heavy atom. The van der Waals surface area contributed by atoms with E-state index in [-0.39, 0.29) is 23.6 Å². The number of thioether (sulfide) groups is 1. The Morgan fingerprint density at radius 3 is 2.32 bits per heavy atom. The van der Waals surface area contributed by atoms with Gasteiger partial charge in [-0.05, 0) is 52.8 Å². The minimum absolute atomic E-state index is 0.0261. The van der Waals surface area contributed by atoms with Crippen LogP contribution in [0.25, 0.3) is 11.3 Å². The monoisotopic (exact) mass is 546 g/mol. The summed E-state index contributed by atoms with van der Waals surface area (Å²) >= 11 is 2.58. The highest BCUT2D eigenvalue weighted by atomic mass is 32.2. The van der Waals surface area contributed by atoms with Crippen LogP contribution in [0, 0.1) is 5.92 Å². The van der Waals surface area contributed by atoms with Gasteiger partial charge < -0.3 is 21.3 Å². The Labute approximate surface area is 227 Å². The molecule has 3 rings (SSSR count). The van der Waals surface area contributed by atoms with Gasteiger partial charge in [0.25, 0.3) is 0 Å². The van der Waals surface area contributed by atoms with Gasteiger partial charge in [-0.25, -0.2) is 0 Å². The summed E-state index contributed by atoms with van der Waals surface area (Å²) < 4.78 is 3.41. The van der Waals surface area contributed by atoms with Crippen molar-refractivity contribution in [3.8, 4) is 11.3 Å². The quantitative estimate of drug-likeness (QED) is 0.340. The second-order valence-electron chi connectivity index (χ2n) is 9.95. The van der Waals surface area contributed by atoms with Crippen molar-refractivity contribution in [2.75, 3.05) is 18.6 Å². The van der Waals surface area contributed by atoms with Crippen molar-refractivity contribution in [3.63, 3.8) is 0 Å². The number of carbonyl (C=O) groups is 3. The molecule has 3 atom stereocenters. The SMILES string of the molecule is CNC(C)C(=O)NC(C(=O)NC(C(=O)Nc1snnc1-c1ccccc1)C(C)(C)SC)C1CCCCC1. The molecule has 1 aliphatic carbocycles. The number of rotatable bonds is 11. The van der Waals surface area contributed by atoms with Gasteiger partial charge in [0.2, 0.25) is 17.7 Å². The first-order valence-corrected chi connectivity index (χ1v) is 14.7. The number of likely N-dealkylation sites (N-methyl/N-ethyl adjacent to an activating group) is 1. The molecule has 4 N–H and O–H groups in total. The lowest BCUT2D eigenvalue weighted by molar-refractivity contribution is -0.133. The van der Waals surface area contributed by atoms with Crippen LogP contribution < -0.4 is 21.3 Å². The molecule has 3 unspecified atom stereocenters. The van der Waals surface area contributed by atoms with E-state index in [2.05, 4.69) is 30.9 Å². The highest BCUT2D eigenvalue weighted by molar-refractivity contribution is 8.00. The Hall–Kier alpha value is -2.50. The highest BCUT2D eigenvalue weighted by Gasteiger charge is 2.40. The van der Waals surface area contributed by atoms with E-state index in [0.717, 1.165) is 49.2 Å². The number of amides is 3. The first-order valence-electron chi connectivity index (χ1n) is 12.7. The standard InChI is InChI=1S/C26H38N6O3S2/c1-16(27-4)22(33)28-19(17-12-8-6-9-13-17)23(34)29-21(26(2,3)36-5)24(35)30-25-20(31-32-37-25)18-14-10-7-11-15-18/h7,10-11,14-17,19,21,27H,6,8-9,12-13H2,1-5H3,(H,28,33)(H,29,34)(H,30,35). The van der Waals surface area contributed by atoms with Crippen molar-refractivity contribution in [2.45, 2.75) is 75.7 Å². The molecule has 3 amide bonds. The second kappa shape index (κ2) is 13.3. The molecule has 0 spiro atoms. The number of aromatic nitrogens is 2. The summed E-state index contributed by atoms with van der Waals surface area (Å²) in [7, 11) is 1.71. The molecule has 37 heavy (non-hydrogen) atoms. The molecule has 9 nitrogen and oxygen atoms in total. The van der Waals surface area contributed by atoms with E-state index in [1.165, 1.54) is 11.8 Å². The molecule has 11 heteroatoms. The van der Waals surface area contributed by atoms with Crippen molar-refractivity contribution in [1.29, 1.82) is 0 Å². The van der Waals surface area contributed by atoms with E-state index in [9.17, 15) is 14.4 Å². The second-order valence-corrected chi connectivity index (χ2v) is 12.2. The molecule has 1 aromatic heterocycles. The lowest BCUT2D eigenvalue weighted by atomic mass is 9.83.